The van der Waals surface area contributed by atoms with Crippen molar-refractivity contribution in [1.29, 1.82) is 0 Å². The average molecular weight is 127 g/mol. The quantitative estimate of drug-likeness (QED) is 0.514. The lowest BCUT2D eigenvalue weighted by atomic mass is 9.97. The minimum atomic E-state index is -0.0579. The normalized spacial score (nSPS) is 53.0. The van der Waals surface area contributed by atoms with Crippen LogP contribution in [-0.4, -0.2) is 17.7 Å². The van der Waals surface area contributed by atoms with Crippen LogP contribution in [0.3, 0.4) is 0 Å². The second-order valence-electron chi connectivity index (χ2n) is 3.76. The summed E-state index contributed by atoms with van der Waals surface area (Å²) in [5.74, 6) is 0.660. The number of hydrogen-bond donors (Lipinski definition) is 1. The van der Waals surface area contributed by atoms with Gasteiger partial charge in [0.15, 0.2) is 0 Å². The van der Waals surface area contributed by atoms with Crippen LogP contribution in [0, 0.1) is 5.92 Å². The Balaban J connectivity index is 2.28. The third-order valence-electron chi connectivity index (χ3n) is 2.92. The van der Waals surface area contributed by atoms with E-state index in [0.717, 1.165) is 6.61 Å². The van der Waals surface area contributed by atoms with E-state index in [2.05, 4.69) is 13.8 Å². The third kappa shape index (κ3) is 0.485. The Morgan fingerprint density at radius 2 is 2.22 bits per heavy atom. The molecule has 0 bridgehead atoms. The molecule has 0 aromatic carbocycles. The molecular weight excluding hydrogens is 114 g/mol. The lowest BCUT2D eigenvalue weighted by Gasteiger charge is -2.26. The van der Waals surface area contributed by atoms with Crippen molar-refractivity contribution in [3.05, 3.63) is 0 Å². The molecule has 1 aliphatic heterocycles. The lowest BCUT2D eigenvalue weighted by molar-refractivity contribution is -0.00123. The van der Waals surface area contributed by atoms with Gasteiger partial charge in [0.05, 0.1) is 12.2 Å². The van der Waals surface area contributed by atoms with E-state index in [1.54, 1.807) is 0 Å². The van der Waals surface area contributed by atoms with Gasteiger partial charge in [-0.25, -0.2) is 0 Å². The van der Waals surface area contributed by atoms with Gasteiger partial charge in [-0.05, 0) is 20.3 Å². The highest BCUT2D eigenvalue weighted by atomic mass is 16.5. The Bertz CT molecular complexity index is 150. The summed E-state index contributed by atoms with van der Waals surface area (Å²) in [7, 11) is 0. The highest BCUT2D eigenvalue weighted by molar-refractivity contribution is 5.21. The Morgan fingerprint density at radius 3 is 2.33 bits per heavy atom. The summed E-state index contributed by atoms with van der Waals surface area (Å²) in [6, 6.07) is 0. The highest BCUT2D eigenvalue weighted by Crippen LogP contribution is 2.55. The molecular formula is C7H13NO. The van der Waals surface area contributed by atoms with Crippen LogP contribution >= 0.6 is 0 Å². The van der Waals surface area contributed by atoms with Crippen molar-refractivity contribution in [2.24, 2.45) is 11.7 Å². The zero-order valence-corrected chi connectivity index (χ0v) is 5.98. The Morgan fingerprint density at radius 1 is 1.56 bits per heavy atom. The molecule has 2 fully saturated rings. The second-order valence-corrected chi connectivity index (χ2v) is 3.76. The van der Waals surface area contributed by atoms with Gasteiger partial charge in [-0.3, -0.25) is 0 Å². The number of rotatable bonds is 0. The molecule has 9 heavy (non-hydrogen) atoms. The molecule has 0 aromatic rings. The summed E-state index contributed by atoms with van der Waals surface area (Å²) >= 11 is 0. The molecule has 2 heteroatoms. The highest BCUT2D eigenvalue weighted by Gasteiger charge is 2.65. The van der Waals surface area contributed by atoms with Gasteiger partial charge in [-0.15, -0.1) is 0 Å². The summed E-state index contributed by atoms with van der Waals surface area (Å²) in [6.07, 6.45) is 1.17. The average Bonchev–Trinajstić information content (AvgIpc) is 2.34. The van der Waals surface area contributed by atoms with Gasteiger partial charge in [0.2, 0.25) is 0 Å². The molecule has 0 radical (unpaired) electrons. The first-order valence-corrected chi connectivity index (χ1v) is 3.49. The maximum Gasteiger partial charge on any atom is 0.0808 e. The first kappa shape index (κ1) is 5.69. The van der Waals surface area contributed by atoms with Gasteiger partial charge in [-0.1, -0.05) is 0 Å². The van der Waals surface area contributed by atoms with E-state index in [1.165, 1.54) is 6.42 Å². The van der Waals surface area contributed by atoms with E-state index in [0.29, 0.717) is 5.92 Å². The van der Waals surface area contributed by atoms with Crippen molar-refractivity contribution >= 4 is 0 Å². The van der Waals surface area contributed by atoms with E-state index >= 15 is 0 Å². The third-order valence-corrected chi connectivity index (χ3v) is 2.92. The zero-order chi connectivity index (χ0) is 6.70. The number of ether oxygens (including phenoxy) is 1. The van der Waals surface area contributed by atoms with Gasteiger partial charge in [-0.2, -0.15) is 0 Å². The fourth-order valence-corrected chi connectivity index (χ4v) is 1.74. The maximum absolute atomic E-state index is 6.00. The minimum Gasteiger partial charge on any atom is -0.373 e. The number of hydrogen-bond acceptors (Lipinski definition) is 2. The fourth-order valence-electron chi connectivity index (χ4n) is 1.74. The van der Waals surface area contributed by atoms with Crippen molar-refractivity contribution < 1.29 is 4.74 Å². The molecule has 1 heterocycles. The van der Waals surface area contributed by atoms with E-state index < -0.39 is 0 Å². The smallest absolute Gasteiger partial charge is 0.0808 e. The molecule has 2 nitrogen and oxygen atoms in total. The molecule has 0 aromatic heterocycles. The van der Waals surface area contributed by atoms with Gasteiger partial charge in [0.1, 0.15) is 0 Å². The standard InChI is InChI=1S/C7H13NO/c1-6(2)7(8)3-5(7)4-9-6/h5H,3-4,8H2,1-2H3/t5-,7-/m0/s1. The van der Waals surface area contributed by atoms with Crippen LogP contribution in [0.2, 0.25) is 0 Å². The fraction of sp³-hybridized carbons (Fsp3) is 1.00. The molecule has 2 atom stereocenters. The Labute approximate surface area is 55.4 Å². The molecule has 1 aliphatic carbocycles. The maximum atomic E-state index is 6.00. The number of fused-ring (bicyclic) bond motifs is 1. The lowest BCUT2D eigenvalue weighted by Crippen LogP contribution is -2.44. The first-order valence-electron chi connectivity index (χ1n) is 3.49. The van der Waals surface area contributed by atoms with Crippen LogP contribution in [0.15, 0.2) is 0 Å². The van der Waals surface area contributed by atoms with E-state index in [4.69, 9.17) is 10.5 Å². The van der Waals surface area contributed by atoms with Crippen LogP contribution < -0.4 is 5.73 Å². The van der Waals surface area contributed by atoms with Crippen molar-refractivity contribution in [3.8, 4) is 0 Å². The topological polar surface area (TPSA) is 35.2 Å². The summed E-state index contributed by atoms with van der Waals surface area (Å²) in [4.78, 5) is 0. The first-order chi connectivity index (χ1) is 4.06. The molecule has 0 amide bonds. The van der Waals surface area contributed by atoms with Gasteiger partial charge in [0.25, 0.3) is 0 Å². The molecule has 2 rings (SSSR count). The molecule has 2 N–H and O–H groups in total. The van der Waals surface area contributed by atoms with E-state index in [-0.39, 0.29) is 11.1 Å². The molecule has 2 aliphatic rings. The Hall–Kier alpha value is -0.0800. The minimum absolute atomic E-state index is 0.0347. The molecule has 1 saturated heterocycles. The predicted octanol–water partition coefficient (Wildman–Crippen LogP) is 0.513. The summed E-state index contributed by atoms with van der Waals surface area (Å²) in [5.41, 5.74) is 5.98. The predicted molar refractivity (Wildman–Crippen MR) is 35.1 cm³/mol. The van der Waals surface area contributed by atoms with E-state index in [1.807, 2.05) is 0 Å². The van der Waals surface area contributed by atoms with Crippen LogP contribution in [0.25, 0.3) is 0 Å². The molecule has 0 spiro atoms. The zero-order valence-electron chi connectivity index (χ0n) is 5.98. The second kappa shape index (κ2) is 1.18. The van der Waals surface area contributed by atoms with Crippen molar-refractivity contribution in [1.82, 2.24) is 0 Å². The van der Waals surface area contributed by atoms with Gasteiger partial charge in [0, 0.05) is 11.5 Å². The van der Waals surface area contributed by atoms with Crippen LogP contribution in [0.4, 0.5) is 0 Å². The summed E-state index contributed by atoms with van der Waals surface area (Å²) in [6.45, 7) is 5.05. The largest absolute Gasteiger partial charge is 0.373 e. The molecule has 1 saturated carbocycles. The Kier molecular flexibility index (Phi) is 0.746. The van der Waals surface area contributed by atoms with Gasteiger partial charge >= 0.3 is 0 Å². The number of nitrogens with two attached hydrogens (primary N) is 1. The molecule has 0 unspecified atom stereocenters. The van der Waals surface area contributed by atoms with Crippen molar-refractivity contribution in [2.45, 2.75) is 31.4 Å². The van der Waals surface area contributed by atoms with E-state index in [9.17, 15) is 0 Å². The summed E-state index contributed by atoms with van der Waals surface area (Å²) < 4.78 is 5.48. The SMILES string of the molecule is CC1(C)OC[C@@H]2C[C@]21N. The monoisotopic (exact) mass is 127 g/mol. The van der Waals surface area contributed by atoms with Gasteiger partial charge < -0.3 is 10.5 Å². The van der Waals surface area contributed by atoms with Crippen molar-refractivity contribution in [2.75, 3.05) is 6.61 Å². The van der Waals surface area contributed by atoms with Crippen molar-refractivity contribution in [3.63, 3.8) is 0 Å². The van der Waals surface area contributed by atoms with Crippen LogP contribution in [-0.2, 0) is 4.74 Å². The van der Waals surface area contributed by atoms with Crippen LogP contribution in [0.5, 0.6) is 0 Å². The summed E-state index contributed by atoms with van der Waals surface area (Å²) in [5, 5.41) is 0. The molecule has 52 valence electrons. The van der Waals surface area contributed by atoms with Crippen LogP contribution in [0.1, 0.15) is 20.3 Å².